The zero-order valence-corrected chi connectivity index (χ0v) is 10.5. The topological polar surface area (TPSA) is 61.6 Å². The first-order valence-corrected chi connectivity index (χ1v) is 6.15. The molecule has 0 atom stereocenters. The van der Waals surface area contributed by atoms with Crippen LogP contribution in [0, 0.1) is 25.2 Å². The van der Waals surface area contributed by atoms with E-state index in [0.29, 0.717) is 17.9 Å². The highest BCUT2D eigenvalue weighted by Crippen LogP contribution is 2.18. The first-order chi connectivity index (χ1) is 8.22. The van der Waals surface area contributed by atoms with Crippen molar-refractivity contribution in [1.82, 2.24) is 10.2 Å². The summed E-state index contributed by atoms with van der Waals surface area (Å²) in [5.74, 6) is 0.557. The Kier molecular flexibility index (Phi) is 3.35. The van der Waals surface area contributed by atoms with Crippen LogP contribution in [0.2, 0.25) is 0 Å². The molecule has 5 heteroatoms. The van der Waals surface area contributed by atoms with Crippen LogP contribution in [0.5, 0.6) is 0 Å². The Balaban J connectivity index is 2.22. The van der Waals surface area contributed by atoms with Crippen molar-refractivity contribution in [3.05, 3.63) is 39.2 Å². The number of nitriles is 1. The molecule has 1 N–H and O–H groups in total. The van der Waals surface area contributed by atoms with E-state index in [-0.39, 0.29) is 0 Å². The lowest BCUT2D eigenvalue weighted by molar-refractivity contribution is 0.941. The van der Waals surface area contributed by atoms with Gasteiger partial charge in [-0.1, -0.05) is 0 Å². The normalized spacial score (nSPS) is 9.94. The molecule has 4 nitrogen and oxygen atoms in total. The zero-order chi connectivity index (χ0) is 12.3. The SMILES string of the molecule is Cc1nnc(NCc2ccsc2)c(C#N)c1C. The first kappa shape index (κ1) is 11.6. The van der Waals surface area contributed by atoms with Crippen molar-refractivity contribution in [2.45, 2.75) is 20.4 Å². The first-order valence-electron chi connectivity index (χ1n) is 5.21. The van der Waals surface area contributed by atoms with E-state index in [1.54, 1.807) is 11.3 Å². The van der Waals surface area contributed by atoms with Gasteiger partial charge >= 0.3 is 0 Å². The summed E-state index contributed by atoms with van der Waals surface area (Å²) in [6, 6.07) is 4.21. The van der Waals surface area contributed by atoms with Crippen LogP contribution in [-0.2, 0) is 6.54 Å². The van der Waals surface area contributed by atoms with Gasteiger partial charge in [-0.3, -0.25) is 0 Å². The summed E-state index contributed by atoms with van der Waals surface area (Å²) < 4.78 is 0. The number of rotatable bonds is 3. The lowest BCUT2D eigenvalue weighted by Gasteiger charge is -2.08. The summed E-state index contributed by atoms with van der Waals surface area (Å²) in [7, 11) is 0. The Bertz CT molecular complexity index is 555. The summed E-state index contributed by atoms with van der Waals surface area (Å²) in [6.07, 6.45) is 0. The van der Waals surface area contributed by atoms with Gasteiger partial charge in [-0.2, -0.15) is 21.7 Å². The van der Waals surface area contributed by atoms with Gasteiger partial charge in [-0.15, -0.1) is 5.10 Å². The number of nitrogens with one attached hydrogen (secondary N) is 1. The molecule has 0 aliphatic carbocycles. The van der Waals surface area contributed by atoms with Crippen LogP contribution >= 0.6 is 11.3 Å². The van der Waals surface area contributed by atoms with Crippen LogP contribution < -0.4 is 5.32 Å². The highest BCUT2D eigenvalue weighted by atomic mass is 32.1. The molecule has 86 valence electrons. The van der Waals surface area contributed by atoms with E-state index in [2.05, 4.69) is 27.0 Å². The monoisotopic (exact) mass is 244 g/mol. The summed E-state index contributed by atoms with van der Waals surface area (Å²) in [5.41, 5.74) is 3.43. The van der Waals surface area contributed by atoms with Gasteiger partial charge in [-0.05, 0) is 41.8 Å². The average molecular weight is 244 g/mol. The largest absolute Gasteiger partial charge is 0.363 e. The molecule has 0 fully saturated rings. The number of hydrogen-bond acceptors (Lipinski definition) is 5. The highest BCUT2D eigenvalue weighted by molar-refractivity contribution is 7.07. The number of anilines is 1. The van der Waals surface area contributed by atoms with Crippen molar-refractivity contribution in [2.75, 3.05) is 5.32 Å². The zero-order valence-electron chi connectivity index (χ0n) is 9.69. The minimum Gasteiger partial charge on any atom is -0.363 e. The average Bonchev–Trinajstić information content (AvgIpc) is 2.83. The number of nitrogens with zero attached hydrogens (tertiary/aromatic N) is 3. The third-order valence-corrected chi connectivity index (χ3v) is 3.34. The molecule has 2 rings (SSSR count). The molecule has 2 aromatic rings. The van der Waals surface area contributed by atoms with E-state index >= 15 is 0 Å². The van der Waals surface area contributed by atoms with Gasteiger partial charge in [-0.25, -0.2) is 0 Å². The maximum atomic E-state index is 9.13. The van der Waals surface area contributed by atoms with E-state index in [1.807, 2.05) is 25.3 Å². The van der Waals surface area contributed by atoms with Gasteiger partial charge < -0.3 is 5.32 Å². The van der Waals surface area contributed by atoms with Crippen LogP contribution in [0.1, 0.15) is 22.4 Å². The summed E-state index contributed by atoms with van der Waals surface area (Å²) in [5, 5.41) is 24.4. The molecule has 0 aliphatic rings. The second-order valence-electron chi connectivity index (χ2n) is 3.73. The number of aryl methyl sites for hydroxylation is 1. The van der Waals surface area contributed by atoms with E-state index in [9.17, 15) is 0 Å². The third-order valence-electron chi connectivity index (χ3n) is 2.61. The highest BCUT2D eigenvalue weighted by Gasteiger charge is 2.10. The molecule has 0 bridgehead atoms. The molecule has 0 saturated carbocycles. The van der Waals surface area contributed by atoms with Gasteiger partial charge in [0.25, 0.3) is 0 Å². The fraction of sp³-hybridized carbons (Fsp3) is 0.250. The van der Waals surface area contributed by atoms with Crippen molar-refractivity contribution in [1.29, 1.82) is 5.26 Å². The number of hydrogen-bond donors (Lipinski definition) is 1. The molecular weight excluding hydrogens is 232 g/mol. The molecule has 0 unspecified atom stereocenters. The Morgan fingerprint density at radius 3 is 2.88 bits per heavy atom. The van der Waals surface area contributed by atoms with Crippen molar-refractivity contribution < 1.29 is 0 Å². The molecular formula is C12H12N4S. The van der Waals surface area contributed by atoms with E-state index < -0.39 is 0 Å². The van der Waals surface area contributed by atoms with Gasteiger partial charge in [0.05, 0.1) is 5.69 Å². The number of aromatic nitrogens is 2. The molecule has 2 heterocycles. The fourth-order valence-corrected chi connectivity index (χ4v) is 2.12. The third kappa shape index (κ3) is 2.43. The van der Waals surface area contributed by atoms with Crippen molar-refractivity contribution in [3.63, 3.8) is 0 Å². The second kappa shape index (κ2) is 4.93. The van der Waals surface area contributed by atoms with Gasteiger partial charge in [0.15, 0.2) is 5.82 Å². The Labute approximate surface area is 104 Å². The minimum atomic E-state index is 0.557. The number of thiophene rings is 1. The predicted octanol–water partition coefficient (Wildman–Crippen LogP) is 2.64. The lowest BCUT2D eigenvalue weighted by atomic mass is 10.1. The molecule has 0 radical (unpaired) electrons. The van der Waals surface area contributed by atoms with Crippen LogP contribution in [0.3, 0.4) is 0 Å². The molecule has 0 saturated heterocycles. The van der Waals surface area contributed by atoms with Crippen molar-refractivity contribution in [3.8, 4) is 6.07 Å². The van der Waals surface area contributed by atoms with Crippen molar-refractivity contribution in [2.24, 2.45) is 0 Å². The maximum Gasteiger partial charge on any atom is 0.167 e. The maximum absolute atomic E-state index is 9.13. The Hall–Kier alpha value is -1.93. The van der Waals surface area contributed by atoms with Gasteiger partial charge in [0.2, 0.25) is 0 Å². The fourth-order valence-electron chi connectivity index (χ4n) is 1.45. The van der Waals surface area contributed by atoms with Crippen LogP contribution in [-0.4, -0.2) is 10.2 Å². The quantitative estimate of drug-likeness (QED) is 0.901. The summed E-state index contributed by atoms with van der Waals surface area (Å²) in [6.45, 7) is 4.40. The van der Waals surface area contributed by atoms with Crippen LogP contribution in [0.25, 0.3) is 0 Å². The Morgan fingerprint density at radius 2 is 2.24 bits per heavy atom. The molecule has 2 aromatic heterocycles. The lowest BCUT2D eigenvalue weighted by Crippen LogP contribution is -2.07. The molecule has 0 aliphatic heterocycles. The smallest absolute Gasteiger partial charge is 0.167 e. The Morgan fingerprint density at radius 1 is 1.41 bits per heavy atom. The standard InChI is InChI=1S/C12H12N4S/c1-8-9(2)15-16-12(11(8)5-13)14-6-10-3-4-17-7-10/h3-4,7H,6H2,1-2H3,(H,14,16). The van der Waals surface area contributed by atoms with Gasteiger partial charge in [0.1, 0.15) is 11.6 Å². The van der Waals surface area contributed by atoms with E-state index in [1.165, 1.54) is 5.56 Å². The molecule has 0 spiro atoms. The minimum absolute atomic E-state index is 0.557. The molecule has 0 amide bonds. The van der Waals surface area contributed by atoms with E-state index in [4.69, 9.17) is 5.26 Å². The predicted molar refractivity (Wildman–Crippen MR) is 67.9 cm³/mol. The summed E-state index contributed by atoms with van der Waals surface area (Å²) in [4.78, 5) is 0. The summed E-state index contributed by atoms with van der Waals surface area (Å²) >= 11 is 1.65. The second-order valence-corrected chi connectivity index (χ2v) is 4.51. The van der Waals surface area contributed by atoms with Crippen LogP contribution in [0.15, 0.2) is 16.8 Å². The van der Waals surface area contributed by atoms with Crippen molar-refractivity contribution >= 4 is 17.2 Å². The molecule has 0 aromatic carbocycles. The van der Waals surface area contributed by atoms with Gasteiger partial charge in [0, 0.05) is 6.54 Å². The molecule has 17 heavy (non-hydrogen) atoms. The van der Waals surface area contributed by atoms with Crippen LogP contribution in [0.4, 0.5) is 5.82 Å². The van der Waals surface area contributed by atoms with E-state index in [0.717, 1.165) is 11.3 Å².